The summed E-state index contributed by atoms with van der Waals surface area (Å²) >= 11 is 0. The van der Waals surface area contributed by atoms with Crippen LogP contribution in [-0.2, 0) is 25.5 Å². The van der Waals surface area contributed by atoms with Crippen LogP contribution in [0.25, 0.3) is 10.8 Å². The first-order chi connectivity index (χ1) is 19.5. The zero-order valence-electron chi connectivity index (χ0n) is 24.0. The maximum absolute atomic E-state index is 13.4. The van der Waals surface area contributed by atoms with Gasteiger partial charge >= 0.3 is 0 Å². The summed E-state index contributed by atoms with van der Waals surface area (Å²) in [6, 6.07) is 8.64. The van der Waals surface area contributed by atoms with Crippen molar-refractivity contribution in [3.8, 4) is 0 Å². The fourth-order valence-corrected chi connectivity index (χ4v) is 5.91. The SMILES string of the molecule is COC(C)(C)C(=O)N1CCC(C)(N/C=C(\C=N)Cc2ccc3c4c(cccc24)C(=O)N3C2CCC(=O)NC2=O)CC1. The summed E-state index contributed by atoms with van der Waals surface area (Å²) in [6.07, 6.45) is 5.70. The molecule has 4 amide bonds. The molecular formula is C31H37N5O5. The zero-order valence-corrected chi connectivity index (χ0v) is 24.0. The van der Waals surface area contributed by atoms with Crippen LogP contribution in [0.5, 0.6) is 0 Å². The van der Waals surface area contributed by atoms with Gasteiger partial charge in [0.1, 0.15) is 11.6 Å². The maximum atomic E-state index is 13.4. The number of ether oxygens (including phenoxy) is 1. The standard InChI is InChI=1S/C31H37N5O5/c1-30(2,41-4)29(40)35-14-12-31(3,13-15-35)33-18-19(17-32)16-20-8-9-23-26-21(20)6-5-7-22(26)28(39)36(23)24-10-11-25(37)34-27(24)38/h5-9,17-18,24,32-33H,10-16H2,1-4H3,(H,34,37,38)/b19-18-,32-17?. The molecule has 3 aliphatic rings. The highest BCUT2D eigenvalue weighted by Crippen LogP contribution is 2.41. The number of nitrogens with one attached hydrogen (secondary N) is 3. The summed E-state index contributed by atoms with van der Waals surface area (Å²) in [6.45, 7) is 6.93. The van der Waals surface area contributed by atoms with Crippen molar-refractivity contribution in [3.63, 3.8) is 0 Å². The second-order valence-corrected chi connectivity index (χ2v) is 11.9. The fraction of sp³-hybridized carbons (Fsp3) is 0.452. The highest BCUT2D eigenvalue weighted by molar-refractivity contribution is 6.27. The van der Waals surface area contributed by atoms with Crippen LogP contribution in [0.4, 0.5) is 5.69 Å². The molecule has 0 radical (unpaired) electrons. The molecular weight excluding hydrogens is 522 g/mol. The van der Waals surface area contributed by atoms with E-state index in [1.165, 1.54) is 11.1 Å². The van der Waals surface area contributed by atoms with E-state index in [1.807, 2.05) is 35.4 Å². The third-order valence-corrected chi connectivity index (χ3v) is 8.71. The van der Waals surface area contributed by atoms with Crippen LogP contribution in [0.1, 0.15) is 62.4 Å². The van der Waals surface area contributed by atoms with Gasteiger partial charge in [-0.2, -0.15) is 0 Å². The number of likely N-dealkylation sites (tertiary alicyclic amines) is 1. The van der Waals surface area contributed by atoms with E-state index >= 15 is 0 Å². The molecule has 10 heteroatoms. The third-order valence-electron chi connectivity index (χ3n) is 8.71. The Morgan fingerprint density at radius 2 is 1.93 bits per heavy atom. The summed E-state index contributed by atoms with van der Waals surface area (Å²) in [7, 11) is 1.55. The van der Waals surface area contributed by atoms with Gasteiger partial charge in [-0.25, -0.2) is 0 Å². The molecule has 3 aliphatic heterocycles. The normalized spacial score (nSPS) is 20.8. The Morgan fingerprint density at radius 3 is 2.59 bits per heavy atom. The van der Waals surface area contributed by atoms with Crippen LogP contribution in [0, 0.1) is 5.41 Å². The van der Waals surface area contributed by atoms with Gasteiger partial charge in [0, 0.05) is 61.9 Å². The van der Waals surface area contributed by atoms with Gasteiger partial charge < -0.3 is 20.4 Å². The number of nitrogens with zero attached hydrogens (tertiary/aromatic N) is 2. The topological polar surface area (TPSA) is 132 Å². The quantitative estimate of drug-likeness (QED) is 0.337. The van der Waals surface area contributed by atoms with Crippen LogP contribution < -0.4 is 15.5 Å². The van der Waals surface area contributed by atoms with E-state index in [0.717, 1.165) is 34.8 Å². The largest absolute Gasteiger partial charge is 0.385 e. The van der Waals surface area contributed by atoms with Crippen molar-refractivity contribution < 1.29 is 23.9 Å². The molecule has 3 heterocycles. The molecule has 10 nitrogen and oxygen atoms in total. The summed E-state index contributed by atoms with van der Waals surface area (Å²) in [5, 5.41) is 15.6. The number of methoxy groups -OCH3 is 1. The summed E-state index contributed by atoms with van der Waals surface area (Å²) in [4.78, 5) is 53.8. The summed E-state index contributed by atoms with van der Waals surface area (Å²) < 4.78 is 5.36. The zero-order chi connectivity index (χ0) is 29.5. The molecule has 2 fully saturated rings. The van der Waals surface area contributed by atoms with Crippen molar-refractivity contribution in [2.75, 3.05) is 25.1 Å². The third kappa shape index (κ3) is 5.24. The van der Waals surface area contributed by atoms with Crippen molar-refractivity contribution >= 4 is 46.3 Å². The van der Waals surface area contributed by atoms with Crippen molar-refractivity contribution in [2.45, 2.75) is 70.1 Å². The average molecular weight is 560 g/mol. The van der Waals surface area contributed by atoms with Gasteiger partial charge in [0.05, 0.1) is 5.69 Å². The molecule has 0 spiro atoms. The molecule has 2 aromatic carbocycles. The molecule has 0 saturated carbocycles. The molecule has 2 saturated heterocycles. The second-order valence-electron chi connectivity index (χ2n) is 11.9. The fourth-order valence-electron chi connectivity index (χ4n) is 5.91. The molecule has 216 valence electrons. The van der Waals surface area contributed by atoms with Gasteiger partial charge in [-0.3, -0.25) is 29.4 Å². The summed E-state index contributed by atoms with van der Waals surface area (Å²) in [5.74, 6) is -1.03. The van der Waals surface area contributed by atoms with E-state index < -0.39 is 17.6 Å². The number of amides is 4. The number of piperidine rings is 2. The van der Waals surface area contributed by atoms with Crippen LogP contribution in [0.15, 0.2) is 42.1 Å². The van der Waals surface area contributed by atoms with Crippen molar-refractivity contribution in [1.29, 1.82) is 5.41 Å². The molecule has 3 N–H and O–H groups in total. The van der Waals surface area contributed by atoms with E-state index in [9.17, 15) is 19.2 Å². The highest BCUT2D eigenvalue weighted by atomic mass is 16.5. The van der Waals surface area contributed by atoms with Gasteiger partial charge in [0.2, 0.25) is 11.8 Å². The predicted octanol–water partition coefficient (Wildman–Crippen LogP) is 3.08. The number of benzene rings is 2. The van der Waals surface area contributed by atoms with E-state index in [0.29, 0.717) is 30.8 Å². The molecule has 0 bridgehead atoms. The van der Waals surface area contributed by atoms with Crippen LogP contribution >= 0.6 is 0 Å². The second kappa shape index (κ2) is 10.7. The number of anilines is 1. The van der Waals surface area contributed by atoms with Gasteiger partial charge in [-0.15, -0.1) is 0 Å². The first kappa shape index (κ1) is 28.5. The number of carbonyl (C=O) groups is 4. The average Bonchev–Trinajstić information content (AvgIpc) is 3.24. The molecule has 2 aromatic rings. The highest BCUT2D eigenvalue weighted by Gasteiger charge is 2.41. The first-order valence-corrected chi connectivity index (χ1v) is 14.0. The smallest absolute Gasteiger partial charge is 0.259 e. The Morgan fingerprint density at radius 1 is 1.20 bits per heavy atom. The van der Waals surface area contributed by atoms with Crippen molar-refractivity contribution in [3.05, 3.63) is 53.2 Å². The summed E-state index contributed by atoms with van der Waals surface area (Å²) in [5.41, 5.74) is 1.87. The Kier molecular flexibility index (Phi) is 7.46. The Hall–Kier alpha value is -4.05. The Labute approximate surface area is 239 Å². The number of carbonyl (C=O) groups excluding carboxylic acids is 4. The monoisotopic (exact) mass is 559 g/mol. The number of allylic oxidation sites excluding steroid dienone is 1. The number of imide groups is 1. The number of hydrogen-bond donors (Lipinski definition) is 3. The maximum Gasteiger partial charge on any atom is 0.259 e. The minimum Gasteiger partial charge on any atom is -0.385 e. The molecule has 0 aromatic heterocycles. The lowest BCUT2D eigenvalue weighted by Crippen LogP contribution is -2.55. The Bertz CT molecular complexity index is 1470. The van der Waals surface area contributed by atoms with Gasteiger partial charge in [-0.05, 0) is 68.7 Å². The number of rotatable bonds is 8. The minimum atomic E-state index is -0.850. The molecule has 0 aliphatic carbocycles. The molecule has 1 atom stereocenters. The van der Waals surface area contributed by atoms with E-state index in [1.54, 1.807) is 27.0 Å². The van der Waals surface area contributed by atoms with E-state index in [-0.39, 0.29) is 36.1 Å². The molecule has 1 unspecified atom stereocenters. The van der Waals surface area contributed by atoms with Crippen LogP contribution in [0.2, 0.25) is 0 Å². The minimum absolute atomic E-state index is 0.0144. The Balaban J connectivity index is 1.33. The van der Waals surface area contributed by atoms with Gasteiger partial charge in [0.15, 0.2) is 0 Å². The predicted molar refractivity (Wildman–Crippen MR) is 156 cm³/mol. The van der Waals surface area contributed by atoms with Gasteiger partial charge in [0.25, 0.3) is 11.8 Å². The first-order valence-electron chi connectivity index (χ1n) is 14.0. The molecule has 41 heavy (non-hydrogen) atoms. The van der Waals surface area contributed by atoms with Crippen LogP contribution in [0.3, 0.4) is 0 Å². The number of hydrogen-bond acceptors (Lipinski definition) is 7. The van der Waals surface area contributed by atoms with Gasteiger partial charge in [-0.1, -0.05) is 18.2 Å². The molecule has 5 rings (SSSR count). The van der Waals surface area contributed by atoms with Crippen molar-refractivity contribution in [1.82, 2.24) is 15.5 Å². The van der Waals surface area contributed by atoms with Crippen LogP contribution in [-0.4, -0.2) is 72.1 Å². The lowest BCUT2D eigenvalue weighted by atomic mass is 9.88. The van der Waals surface area contributed by atoms with E-state index in [2.05, 4.69) is 17.6 Å². The van der Waals surface area contributed by atoms with E-state index in [4.69, 9.17) is 10.1 Å². The van der Waals surface area contributed by atoms with Crippen molar-refractivity contribution in [2.24, 2.45) is 0 Å². The lowest BCUT2D eigenvalue weighted by molar-refractivity contribution is -0.152. The lowest BCUT2D eigenvalue weighted by Gasteiger charge is -2.42.